The Morgan fingerprint density at radius 1 is 1.17 bits per heavy atom. The van der Waals surface area contributed by atoms with Crippen LogP contribution in [0.5, 0.6) is 0 Å². The number of benzene rings is 1. The van der Waals surface area contributed by atoms with Gasteiger partial charge in [-0.25, -0.2) is 4.98 Å². The van der Waals surface area contributed by atoms with E-state index in [1.165, 1.54) is 0 Å². The van der Waals surface area contributed by atoms with Gasteiger partial charge in [0.1, 0.15) is 5.82 Å². The normalized spacial score (nSPS) is 11.5. The first-order valence-electron chi connectivity index (χ1n) is 7.82. The predicted molar refractivity (Wildman–Crippen MR) is 95.6 cm³/mol. The van der Waals surface area contributed by atoms with Gasteiger partial charge in [-0.1, -0.05) is 0 Å². The Hall–Kier alpha value is -2.89. The molecule has 0 radical (unpaired) electrons. The summed E-state index contributed by atoms with van der Waals surface area (Å²) in [6.45, 7) is 7.75. The molecular formula is C18H21N5O. The Balaban J connectivity index is 1.94. The summed E-state index contributed by atoms with van der Waals surface area (Å²) in [7, 11) is 0. The summed E-state index contributed by atoms with van der Waals surface area (Å²) in [5.41, 5.74) is 2.81. The van der Waals surface area contributed by atoms with Gasteiger partial charge in [0.2, 0.25) is 0 Å². The van der Waals surface area contributed by atoms with Crippen LogP contribution in [0.4, 0.5) is 11.5 Å². The Morgan fingerprint density at radius 2 is 1.96 bits per heavy atom. The zero-order valence-corrected chi connectivity index (χ0v) is 14.3. The van der Waals surface area contributed by atoms with E-state index in [0.29, 0.717) is 11.4 Å². The van der Waals surface area contributed by atoms with Gasteiger partial charge in [0.05, 0.1) is 17.3 Å². The summed E-state index contributed by atoms with van der Waals surface area (Å²) in [5, 5.41) is 14.2. The van der Waals surface area contributed by atoms with Crippen molar-refractivity contribution in [3.8, 4) is 0 Å². The second-order valence-electron chi connectivity index (χ2n) is 6.85. The standard InChI is InChI=1S/C18H21N5O/c1-11-5-8-14(17(24)22-18(2,3)4)16(20-11)21-13-7-6-12-10-19-23-15(12)9-13/h5-10H,1-4H3,(H,19,23)(H,20,21)(H,22,24). The van der Waals surface area contributed by atoms with Crippen molar-refractivity contribution in [2.45, 2.75) is 33.2 Å². The minimum Gasteiger partial charge on any atom is -0.347 e. The molecule has 0 spiro atoms. The lowest BCUT2D eigenvalue weighted by Gasteiger charge is -2.21. The van der Waals surface area contributed by atoms with Gasteiger partial charge >= 0.3 is 0 Å². The number of anilines is 2. The summed E-state index contributed by atoms with van der Waals surface area (Å²) >= 11 is 0. The highest BCUT2D eigenvalue weighted by molar-refractivity contribution is 6.00. The van der Waals surface area contributed by atoms with Crippen LogP contribution >= 0.6 is 0 Å². The van der Waals surface area contributed by atoms with Crippen molar-refractivity contribution in [2.75, 3.05) is 5.32 Å². The molecule has 2 aromatic heterocycles. The number of aryl methyl sites for hydroxylation is 1. The maximum Gasteiger partial charge on any atom is 0.255 e. The Labute approximate surface area is 140 Å². The van der Waals surface area contributed by atoms with Gasteiger partial charge in [-0.15, -0.1) is 0 Å². The van der Waals surface area contributed by atoms with Crippen LogP contribution in [0, 0.1) is 6.92 Å². The van der Waals surface area contributed by atoms with Gasteiger partial charge in [0.15, 0.2) is 0 Å². The second kappa shape index (κ2) is 5.96. The van der Waals surface area contributed by atoms with E-state index >= 15 is 0 Å². The lowest BCUT2D eigenvalue weighted by Crippen LogP contribution is -2.40. The van der Waals surface area contributed by atoms with E-state index in [0.717, 1.165) is 22.3 Å². The van der Waals surface area contributed by atoms with Crippen LogP contribution in [-0.2, 0) is 0 Å². The number of pyridine rings is 1. The highest BCUT2D eigenvalue weighted by Gasteiger charge is 2.19. The Kier molecular flexibility index (Phi) is 3.97. The minimum atomic E-state index is -0.311. The van der Waals surface area contributed by atoms with Crippen molar-refractivity contribution < 1.29 is 4.79 Å². The highest BCUT2D eigenvalue weighted by atomic mass is 16.1. The van der Waals surface area contributed by atoms with Crippen molar-refractivity contribution in [3.63, 3.8) is 0 Å². The molecule has 0 unspecified atom stereocenters. The molecule has 0 saturated heterocycles. The third-order valence-electron chi connectivity index (χ3n) is 3.47. The minimum absolute atomic E-state index is 0.153. The maximum atomic E-state index is 12.5. The first-order valence-corrected chi connectivity index (χ1v) is 7.82. The van der Waals surface area contributed by atoms with Crippen molar-refractivity contribution >= 4 is 28.3 Å². The molecule has 2 heterocycles. The highest BCUT2D eigenvalue weighted by Crippen LogP contribution is 2.23. The van der Waals surface area contributed by atoms with Crippen LogP contribution in [0.2, 0.25) is 0 Å². The van der Waals surface area contributed by atoms with Crippen LogP contribution in [0.15, 0.2) is 36.5 Å². The first kappa shape index (κ1) is 16.0. The zero-order valence-electron chi connectivity index (χ0n) is 14.3. The molecule has 0 aliphatic heterocycles. The smallest absolute Gasteiger partial charge is 0.255 e. The number of aromatic amines is 1. The molecule has 124 valence electrons. The van der Waals surface area contributed by atoms with E-state index in [-0.39, 0.29) is 11.4 Å². The van der Waals surface area contributed by atoms with Crippen LogP contribution in [0.1, 0.15) is 36.8 Å². The number of amides is 1. The zero-order chi connectivity index (χ0) is 17.3. The largest absolute Gasteiger partial charge is 0.347 e. The van der Waals surface area contributed by atoms with Crippen molar-refractivity contribution in [2.24, 2.45) is 0 Å². The SMILES string of the molecule is Cc1ccc(C(=O)NC(C)(C)C)c(Nc2ccc3cn[nH]c3c2)n1. The molecule has 6 heteroatoms. The third kappa shape index (κ3) is 3.53. The predicted octanol–water partition coefficient (Wildman–Crippen LogP) is 3.54. The number of hydrogen-bond acceptors (Lipinski definition) is 4. The number of hydrogen-bond donors (Lipinski definition) is 3. The molecular weight excluding hydrogens is 302 g/mol. The average Bonchev–Trinajstić information content (AvgIpc) is 2.93. The van der Waals surface area contributed by atoms with Crippen molar-refractivity contribution in [1.82, 2.24) is 20.5 Å². The molecule has 3 aromatic rings. The number of rotatable bonds is 3. The number of fused-ring (bicyclic) bond motifs is 1. The van der Waals surface area contributed by atoms with Gasteiger partial charge in [0, 0.05) is 22.3 Å². The molecule has 3 N–H and O–H groups in total. The molecule has 0 aliphatic rings. The van der Waals surface area contributed by atoms with Gasteiger partial charge in [-0.05, 0) is 58.0 Å². The molecule has 3 rings (SSSR count). The van der Waals surface area contributed by atoms with Crippen molar-refractivity contribution in [3.05, 3.63) is 47.8 Å². The van der Waals surface area contributed by atoms with E-state index in [1.54, 1.807) is 12.3 Å². The van der Waals surface area contributed by atoms with E-state index in [2.05, 4.69) is 25.8 Å². The fourth-order valence-corrected chi connectivity index (χ4v) is 2.39. The average molecular weight is 323 g/mol. The van der Waals surface area contributed by atoms with Crippen molar-refractivity contribution in [1.29, 1.82) is 0 Å². The summed E-state index contributed by atoms with van der Waals surface area (Å²) in [5.74, 6) is 0.385. The molecule has 24 heavy (non-hydrogen) atoms. The number of carbonyl (C=O) groups excluding carboxylic acids is 1. The van der Waals surface area contributed by atoms with Gasteiger partial charge in [-0.3, -0.25) is 9.89 Å². The molecule has 1 aromatic carbocycles. The topological polar surface area (TPSA) is 82.7 Å². The summed E-state index contributed by atoms with van der Waals surface area (Å²) in [4.78, 5) is 17.0. The number of aromatic nitrogens is 3. The fraction of sp³-hybridized carbons (Fsp3) is 0.278. The molecule has 0 bridgehead atoms. The molecule has 0 atom stereocenters. The maximum absolute atomic E-state index is 12.5. The van der Waals surface area contributed by atoms with Gasteiger partial charge in [0.25, 0.3) is 5.91 Å². The van der Waals surface area contributed by atoms with Crippen LogP contribution < -0.4 is 10.6 Å². The summed E-state index contributed by atoms with van der Waals surface area (Å²) in [6.07, 6.45) is 1.77. The molecule has 0 aliphatic carbocycles. The number of nitrogens with one attached hydrogen (secondary N) is 3. The van der Waals surface area contributed by atoms with E-state index in [9.17, 15) is 4.79 Å². The lowest BCUT2D eigenvalue weighted by molar-refractivity contribution is 0.0920. The van der Waals surface area contributed by atoms with E-state index < -0.39 is 0 Å². The Morgan fingerprint density at radius 3 is 2.71 bits per heavy atom. The Bertz CT molecular complexity index is 892. The number of H-pyrrole nitrogens is 1. The van der Waals surface area contributed by atoms with Gasteiger partial charge < -0.3 is 10.6 Å². The molecule has 6 nitrogen and oxygen atoms in total. The fourth-order valence-electron chi connectivity index (χ4n) is 2.39. The molecule has 0 saturated carbocycles. The van der Waals surface area contributed by atoms with Gasteiger partial charge in [-0.2, -0.15) is 5.10 Å². The van der Waals surface area contributed by atoms with Crippen LogP contribution in [0.3, 0.4) is 0 Å². The third-order valence-corrected chi connectivity index (χ3v) is 3.47. The van der Waals surface area contributed by atoms with E-state index in [4.69, 9.17) is 0 Å². The first-order chi connectivity index (χ1) is 11.3. The number of nitrogens with zero attached hydrogens (tertiary/aromatic N) is 2. The second-order valence-corrected chi connectivity index (χ2v) is 6.85. The van der Waals surface area contributed by atoms with E-state index in [1.807, 2.05) is 52.0 Å². The summed E-state index contributed by atoms with van der Waals surface area (Å²) < 4.78 is 0. The monoisotopic (exact) mass is 323 g/mol. The molecule has 1 amide bonds. The van der Waals surface area contributed by atoms with Crippen LogP contribution in [-0.4, -0.2) is 26.6 Å². The summed E-state index contributed by atoms with van der Waals surface area (Å²) in [6, 6.07) is 9.47. The lowest BCUT2D eigenvalue weighted by atomic mass is 10.1. The molecule has 0 fully saturated rings. The van der Waals surface area contributed by atoms with Crippen LogP contribution in [0.25, 0.3) is 10.9 Å². The number of carbonyl (C=O) groups is 1. The quantitative estimate of drug-likeness (QED) is 0.688.